The van der Waals surface area contributed by atoms with E-state index in [9.17, 15) is 23.3 Å². The largest absolute Gasteiger partial charge is 0.484 e. The van der Waals surface area contributed by atoms with Crippen molar-refractivity contribution >= 4 is 44.6 Å². The minimum atomic E-state index is -3.37. The first-order valence-corrected chi connectivity index (χ1v) is 9.71. The molecule has 0 saturated heterocycles. The number of carbonyl (C=O) groups excluding carboxylic acids is 1. The minimum Gasteiger partial charge on any atom is -0.484 e. The number of nitro benzene ring substituents is 1. The van der Waals surface area contributed by atoms with Crippen LogP contribution < -0.4 is 14.4 Å². The lowest BCUT2D eigenvalue weighted by molar-refractivity contribution is -0.384. The summed E-state index contributed by atoms with van der Waals surface area (Å²) in [7, 11) is -1.96. The molecule has 1 amide bonds. The van der Waals surface area contributed by atoms with Crippen molar-refractivity contribution in [2.24, 2.45) is 0 Å². The van der Waals surface area contributed by atoms with Gasteiger partial charge < -0.3 is 10.1 Å². The maximum Gasteiger partial charge on any atom is 0.271 e. The summed E-state index contributed by atoms with van der Waals surface area (Å²) in [5, 5.41) is 13.4. The Kier molecular flexibility index (Phi) is 6.24. The van der Waals surface area contributed by atoms with Crippen LogP contribution in [0.3, 0.4) is 0 Å². The number of nitrogens with zero attached hydrogens (tertiary/aromatic N) is 2. The molecule has 2 aromatic rings. The molecule has 0 aliphatic carbocycles. The number of hydrogen-bond acceptors (Lipinski definition) is 6. The lowest BCUT2D eigenvalue weighted by atomic mass is 10.3. The number of benzene rings is 2. The average Bonchev–Trinajstić information content (AvgIpc) is 2.60. The second kappa shape index (κ2) is 8.23. The van der Waals surface area contributed by atoms with Crippen molar-refractivity contribution in [1.82, 2.24) is 0 Å². The number of ether oxygens (including phenoxy) is 1. The molecule has 27 heavy (non-hydrogen) atoms. The quantitative estimate of drug-likeness (QED) is 0.550. The van der Waals surface area contributed by atoms with Crippen LogP contribution in [0.5, 0.6) is 5.75 Å². The lowest BCUT2D eigenvalue weighted by Crippen LogP contribution is -2.24. The SMILES string of the molecule is CN(c1ccc(OCC(=O)Nc2cc([N+](=O)[O-])ccc2Cl)cc1)S(C)(=O)=O. The van der Waals surface area contributed by atoms with Crippen LogP contribution in [0.1, 0.15) is 0 Å². The average molecular weight is 414 g/mol. The minimum absolute atomic E-state index is 0.101. The van der Waals surface area contributed by atoms with Gasteiger partial charge in [-0.2, -0.15) is 0 Å². The fraction of sp³-hybridized carbons (Fsp3) is 0.188. The Balaban J connectivity index is 1.98. The molecule has 11 heteroatoms. The highest BCUT2D eigenvalue weighted by Gasteiger charge is 2.14. The summed E-state index contributed by atoms with van der Waals surface area (Å²) in [6, 6.07) is 9.79. The monoisotopic (exact) mass is 413 g/mol. The summed E-state index contributed by atoms with van der Waals surface area (Å²) in [6.07, 6.45) is 1.08. The first-order valence-electron chi connectivity index (χ1n) is 7.48. The first kappa shape index (κ1) is 20.5. The zero-order valence-corrected chi connectivity index (χ0v) is 16.0. The van der Waals surface area contributed by atoms with E-state index in [1.54, 1.807) is 0 Å². The number of anilines is 2. The highest BCUT2D eigenvalue weighted by molar-refractivity contribution is 7.92. The molecular weight excluding hydrogens is 398 g/mol. The van der Waals surface area contributed by atoms with Gasteiger partial charge in [-0.3, -0.25) is 19.2 Å². The summed E-state index contributed by atoms with van der Waals surface area (Å²) in [5.74, 6) is -0.212. The molecule has 0 bridgehead atoms. The van der Waals surface area contributed by atoms with Crippen LogP contribution in [0, 0.1) is 10.1 Å². The molecule has 0 aliphatic heterocycles. The molecular formula is C16H16ClN3O6S. The van der Waals surface area contributed by atoms with Crippen LogP contribution in [0.15, 0.2) is 42.5 Å². The first-order chi connectivity index (χ1) is 12.6. The van der Waals surface area contributed by atoms with Crippen LogP contribution in [-0.4, -0.2) is 39.2 Å². The third kappa shape index (κ3) is 5.56. The van der Waals surface area contributed by atoms with Gasteiger partial charge in [0.15, 0.2) is 6.61 Å². The van der Waals surface area contributed by atoms with Gasteiger partial charge in [-0.25, -0.2) is 8.42 Å². The van der Waals surface area contributed by atoms with E-state index >= 15 is 0 Å². The van der Waals surface area contributed by atoms with Gasteiger partial charge in [0.05, 0.1) is 27.6 Å². The van der Waals surface area contributed by atoms with Gasteiger partial charge in [0.1, 0.15) is 5.75 Å². The molecule has 0 aliphatic rings. The molecule has 0 aromatic heterocycles. The lowest BCUT2D eigenvalue weighted by Gasteiger charge is -2.16. The van der Waals surface area contributed by atoms with Crippen molar-refractivity contribution in [3.05, 3.63) is 57.6 Å². The number of nitrogens with one attached hydrogen (secondary N) is 1. The predicted octanol–water partition coefficient (Wildman–Crippen LogP) is 2.66. The van der Waals surface area contributed by atoms with Crippen molar-refractivity contribution in [2.75, 3.05) is 29.5 Å². The van der Waals surface area contributed by atoms with Crippen molar-refractivity contribution in [1.29, 1.82) is 0 Å². The Labute approximate surface area is 160 Å². The van der Waals surface area contributed by atoms with E-state index in [1.165, 1.54) is 43.4 Å². The number of halogens is 1. The van der Waals surface area contributed by atoms with E-state index in [4.69, 9.17) is 16.3 Å². The molecule has 0 fully saturated rings. The smallest absolute Gasteiger partial charge is 0.271 e. The summed E-state index contributed by atoms with van der Waals surface area (Å²) >= 11 is 5.91. The fourth-order valence-electron chi connectivity index (χ4n) is 2.00. The molecule has 144 valence electrons. The van der Waals surface area contributed by atoms with Crippen molar-refractivity contribution < 1.29 is 22.9 Å². The number of nitro groups is 1. The summed E-state index contributed by atoms with van der Waals surface area (Å²) in [4.78, 5) is 22.2. The maximum atomic E-state index is 12.0. The van der Waals surface area contributed by atoms with Gasteiger partial charge in [0, 0.05) is 19.2 Å². The van der Waals surface area contributed by atoms with E-state index in [2.05, 4.69) is 5.32 Å². The van der Waals surface area contributed by atoms with E-state index in [0.717, 1.165) is 16.6 Å². The number of carbonyl (C=O) groups is 1. The molecule has 9 nitrogen and oxygen atoms in total. The molecule has 2 aromatic carbocycles. The fourth-order valence-corrected chi connectivity index (χ4v) is 2.67. The van der Waals surface area contributed by atoms with Gasteiger partial charge in [0.2, 0.25) is 10.0 Å². The second-order valence-corrected chi connectivity index (χ2v) is 7.90. The summed E-state index contributed by atoms with van der Waals surface area (Å²) in [5.41, 5.74) is 0.337. The molecule has 0 atom stereocenters. The van der Waals surface area contributed by atoms with Gasteiger partial charge in [-0.05, 0) is 30.3 Å². The molecule has 0 heterocycles. The standard InChI is InChI=1S/C16H16ClN3O6S/c1-19(27(2,24)25)11-3-6-13(7-4-11)26-10-16(21)18-15-9-12(20(22)23)5-8-14(15)17/h3-9H,10H2,1-2H3,(H,18,21). The van der Waals surface area contributed by atoms with E-state index in [-0.39, 0.29) is 23.0 Å². The Morgan fingerprint density at radius 3 is 2.44 bits per heavy atom. The van der Waals surface area contributed by atoms with Gasteiger partial charge in [-0.1, -0.05) is 11.6 Å². The number of hydrogen-bond donors (Lipinski definition) is 1. The van der Waals surface area contributed by atoms with E-state index < -0.39 is 20.9 Å². The van der Waals surface area contributed by atoms with Crippen molar-refractivity contribution in [3.8, 4) is 5.75 Å². The van der Waals surface area contributed by atoms with E-state index in [0.29, 0.717) is 11.4 Å². The van der Waals surface area contributed by atoms with Gasteiger partial charge in [-0.15, -0.1) is 0 Å². The number of non-ortho nitro benzene ring substituents is 1. The molecule has 1 N–H and O–H groups in total. The van der Waals surface area contributed by atoms with Crippen LogP contribution in [0.2, 0.25) is 5.02 Å². The zero-order valence-electron chi connectivity index (χ0n) is 14.4. The molecule has 2 rings (SSSR count). The Hall–Kier alpha value is -2.85. The maximum absolute atomic E-state index is 12.0. The molecule has 0 unspecified atom stereocenters. The molecule has 0 spiro atoms. The normalized spacial score (nSPS) is 10.9. The highest BCUT2D eigenvalue weighted by atomic mass is 35.5. The number of sulfonamides is 1. The Bertz CT molecular complexity index is 963. The predicted molar refractivity (Wildman–Crippen MR) is 102 cm³/mol. The number of amides is 1. The Morgan fingerprint density at radius 2 is 1.89 bits per heavy atom. The molecule has 0 radical (unpaired) electrons. The summed E-state index contributed by atoms with van der Waals surface area (Å²) in [6.45, 7) is -0.361. The molecule has 0 saturated carbocycles. The second-order valence-electron chi connectivity index (χ2n) is 5.48. The van der Waals surface area contributed by atoms with Crippen molar-refractivity contribution in [2.45, 2.75) is 0 Å². The zero-order chi connectivity index (χ0) is 20.2. The number of rotatable bonds is 7. The van der Waals surface area contributed by atoms with Crippen LogP contribution >= 0.6 is 11.6 Å². The van der Waals surface area contributed by atoms with Crippen LogP contribution in [0.25, 0.3) is 0 Å². The topological polar surface area (TPSA) is 119 Å². The van der Waals surface area contributed by atoms with Crippen LogP contribution in [-0.2, 0) is 14.8 Å². The highest BCUT2D eigenvalue weighted by Crippen LogP contribution is 2.26. The van der Waals surface area contributed by atoms with Crippen LogP contribution in [0.4, 0.5) is 17.1 Å². The summed E-state index contributed by atoms with van der Waals surface area (Å²) < 4.78 is 29.4. The van der Waals surface area contributed by atoms with E-state index in [1.807, 2.05) is 0 Å². The third-order valence-corrected chi connectivity index (χ3v) is 5.04. The van der Waals surface area contributed by atoms with Gasteiger partial charge >= 0.3 is 0 Å². The van der Waals surface area contributed by atoms with Gasteiger partial charge in [0.25, 0.3) is 11.6 Å². The van der Waals surface area contributed by atoms with Crippen molar-refractivity contribution in [3.63, 3.8) is 0 Å². The third-order valence-electron chi connectivity index (χ3n) is 3.50. The Morgan fingerprint density at radius 1 is 1.26 bits per heavy atom.